The Labute approximate surface area is 140 Å². The van der Waals surface area contributed by atoms with Crippen LogP contribution in [0, 0.1) is 11.6 Å². The molecule has 1 unspecified atom stereocenters. The Hall–Kier alpha value is -1.83. The molecule has 1 aliphatic heterocycles. The van der Waals surface area contributed by atoms with E-state index in [1.807, 2.05) is 6.07 Å². The smallest absolute Gasteiger partial charge is 0.262 e. The fraction of sp³-hybridized carbons (Fsp3) is 0.188. The average Bonchev–Trinajstić information content (AvgIpc) is 2.78. The highest BCUT2D eigenvalue weighted by molar-refractivity contribution is 9.10. The number of hydrogen-bond donors (Lipinski definition) is 1. The van der Waals surface area contributed by atoms with Crippen LogP contribution < -0.4 is 0 Å². The molecule has 2 aromatic carbocycles. The minimum atomic E-state index is -0.793. The van der Waals surface area contributed by atoms with Crippen LogP contribution in [0.25, 0.3) is 0 Å². The zero-order valence-electron chi connectivity index (χ0n) is 11.9. The van der Waals surface area contributed by atoms with Gasteiger partial charge in [-0.2, -0.15) is 0 Å². The second-order valence-corrected chi connectivity index (χ2v) is 6.19. The van der Waals surface area contributed by atoms with Crippen LogP contribution in [0.5, 0.6) is 0 Å². The van der Waals surface area contributed by atoms with Gasteiger partial charge in [-0.3, -0.25) is 14.9 Å². The number of carbonyl (C=O) groups excluding carboxylic acids is 1. The molecule has 4 nitrogen and oxygen atoms in total. The van der Waals surface area contributed by atoms with E-state index in [2.05, 4.69) is 15.9 Å². The van der Waals surface area contributed by atoms with Gasteiger partial charge in [-0.25, -0.2) is 13.8 Å². The first-order valence-corrected chi connectivity index (χ1v) is 7.70. The Balaban J connectivity index is 1.95. The van der Waals surface area contributed by atoms with Crippen molar-refractivity contribution < 1.29 is 18.8 Å². The quantitative estimate of drug-likeness (QED) is 0.826. The summed E-state index contributed by atoms with van der Waals surface area (Å²) in [5.41, 5.74) is 0.514. The molecule has 1 saturated heterocycles. The Kier molecular flexibility index (Phi) is 4.43. The summed E-state index contributed by atoms with van der Waals surface area (Å²) in [6.07, 6.45) is -0.793. The third-order valence-corrected chi connectivity index (χ3v) is 4.23. The molecule has 0 spiro atoms. The largest absolute Gasteiger partial charge is 0.284 e. The normalized spacial score (nSPS) is 18.7. The summed E-state index contributed by atoms with van der Waals surface area (Å²) < 4.78 is 28.5. The molecule has 0 bridgehead atoms. The Morgan fingerprint density at radius 3 is 2.48 bits per heavy atom. The minimum absolute atomic E-state index is 0.124. The predicted octanol–water partition coefficient (Wildman–Crippen LogP) is 3.46. The van der Waals surface area contributed by atoms with Crippen LogP contribution in [0.4, 0.5) is 8.78 Å². The van der Waals surface area contributed by atoms with Crippen LogP contribution in [-0.4, -0.2) is 27.6 Å². The number of benzene rings is 2. The highest BCUT2D eigenvalue weighted by Gasteiger charge is 2.39. The highest BCUT2D eigenvalue weighted by atomic mass is 79.9. The molecule has 23 heavy (non-hydrogen) atoms. The lowest BCUT2D eigenvalue weighted by atomic mass is 10.1. The van der Waals surface area contributed by atoms with Crippen molar-refractivity contribution in [2.45, 2.75) is 12.7 Å². The average molecular weight is 383 g/mol. The summed E-state index contributed by atoms with van der Waals surface area (Å²) >= 11 is 3.33. The van der Waals surface area contributed by atoms with E-state index in [4.69, 9.17) is 0 Å². The fourth-order valence-electron chi connectivity index (χ4n) is 2.67. The summed E-state index contributed by atoms with van der Waals surface area (Å²) in [4.78, 5) is 13.4. The van der Waals surface area contributed by atoms with Gasteiger partial charge in [0.2, 0.25) is 0 Å². The molecule has 0 saturated carbocycles. The molecule has 1 heterocycles. The maximum absolute atomic E-state index is 13.9. The Morgan fingerprint density at radius 1 is 1.17 bits per heavy atom. The number of carbonyl (C=O) groups is 1. The fourth-order valence-corrected chi connectivity index (χ4v) is 3.09. The van der Waals surface area contributed by atoms with Gasteiger partial charge >= 0.3 is 0 Å². The van der Waals surface area contributed by atoms with Crippen LogP contribution in [0.1, 0.15) is 17.3 Å². The zero-order valence-corrected chi connectivity index (χ0v) is 13.5. The van der Waals surface area contributed by atoms with Gasteiger partial charge < -0.3 is 0 Å². The molecule has 0 aromatic heterocycles. The van der Waals surface area contributed by atoms with Gasteiger partial charge in [0.25, 0.3) is 5.91 Å². The van der Waals surface area contributed by atoms with E-state index in [9.17, 15) is 18.8 Å². The van der Waals surface area contributed by atoms with E-state index < -0.39 is 23.7 Å². The van der Waals surface area contributed by atoms with Gasteiger partial charge in [0, 0.05) is 16.6 Å². The topological polar surface area (TPSA) is 43.8 Å². The number of rotatable bonds is 3. The van der Waals surface area contributed by atoms with E-state index >= 15 is 0 Å². The van der Waals surface area contributed by atoms with E-state index in [0.29, 0.717) is 10.6 Å². The van der Waals surface area contributed by atoms with Gasteiger partial charge in [0.15, 0.2) is 0 Å². The van der Waals surface area contributed by atoms with E-state index in [-0.39, 0.29) is 18.7 Å². The SMILES string of the molecule is O=C1CN(Cc2c(F)cccc2F)C(c2cccc(Br)c2)N1O. The molecule has 1 fully saturated rings. The summed E-state index contributed by atoms with van der Waals surface area (Å²) in [5.74, 6) is -1.88. The van der Waals surface area contributed by atoms with Gasteiger partial charge in [-0.1, -0.05) is 34.1 Å². The maximum atomic E-state index is 13.9. The second kappa shape index (κ2) is 6.35. The number of halogens is 3. The highest BCUT2D eigenvalue weighted by Crippen LogP contribution is 2.32. The third-order valence-electron chi connectivity index (χ3n) is 3.74. The molecule has 2 aromatic rings. The Morgan fingerprint density at radius 2 is 1.83 bits per heavy atom. The van der Waals surface area contributed by atoms with Crippen molar-refractivity contribution in [2.75, 3.05) is 6.54 Å². The van der Waals surface area contributed by atoms with Crippen molar-refractivity contribution in [3.05, 3.63) is 69.7 Å². The summed E-state index contributed by atoms with van der Waals surface area (Å²) in [6, 6.07) is 10.7. The molecule has 1 aliphatic rings. The molecule has 0 radical (unpaired) electrons. The van der Waals surface area contributed by atoms with Gasteiger partial charge in [-0.05, 0) is 29.8 Å². The van der Waals surface area contributed by atoms with Crippen molar-refractivity contribution in [1.29, 1.82) is 0 Å². The monoisotopic (exact) mass is 382 g/mol. The number of nitrogens with zero attached hydrogens (tertiary/aromatic N) is 2. The van der Waals surface area contributed by atoms with Crippen molar-refractivity contribution in [1.82, 2.24) is 9.96 Å². The molecular formula is C16H13BrF2N2O2. The van der Waals surface area contributed by atoms with Crippen LogP contribution in [-0.2, 0) is 11.3 Å². The van der Waals surface area contributed by atoms with Gasteiger partial charge in [0.05, 0.1) is 6.54 Å². The van der Waals surface area contributed by atoms with E-state index in [1.165, 1.54) is 23.1 Å². The van der Waals surface area contributed by atoms with Crippen LogP contribution >= 0.6 is 15.9 Å². The lowest BCUT2D eigenvalue weighted by molar-refractivity contribution is -0.170. The van der Waals surface area contributed by atoms with Crippen molar-refractivity contribution >= 4 is 21.8 Å². The molecule has 1 amide bonds. The van der Waals surface area contributed by atoms with Crippen LogP contribution in [0.15, 0.2) is 46.9 Å². The third kappa shape index (κ3) is 3.12. The standard InChI is InChI=1S/C16H13BrF2N2O2/c17-11-4-1-3-10(7-11)16-20(9-15(22)21(16)23)8-12-13(18)5-2-6-14(12)19/h1-7,16,23H,8-9H2. The van der Waals surface area contributed by atoms with Crippen LogP contribution in [0.2, 0.25) is 0 Å². The first-order valence-electron chi connectivity index (χ1n) is 6.90. The number of hydroxylamine groups is 2. The summed E-state index contributed by atoms with van der Waals surface area (Å²) in [7, 11) is 0. The summed E-state index contributed by atoms with van der Waals surface area (Å²) in [6.45, 7) is -0.250. The van der Waals surface area contributed by atoms with Crippen LogP contribution in [0.3, 0.4) is 0 Å². The molecule has 1 atom stereocenters. The van der Waals surface area contributed by atoms with Crippen molar-refractivity contribution in [3.8, 4) is 0 Å². The minimum Gasteiger partial charge on any atom is -0.284 e. The van der Waals surface area contributed by atoms with E-state index in [1.54, 1.807) is 18.2 Å². The zero-order chi connectivity index (χ0) is 16.6. The number of hydrogen-bond acceptors (Lipinski definition) is 3. The van der Waals surface area contributed by atoms with Gasteiger partial charge in [-0.15, -0.1) is 0 Å². The predicted molar refractivity (Wildman–Crippen MR) is 82.3 cm³/mol. The van der Waals surface area contributed by atoms with Gasteiger partial charge in [0.1, 0.15) is 17.8 Å². The molecule has 120 valence electrons. The molecule has 1 N–H and O–H groups in total. The van der Waals surface area contributed by atoms with E-state index in [0.717, 1.165) is 4.47 Å². The molecular weight excluding hydrogens is 370 g/mol. The molecule has 0 aliphatic carbocycles. The van der Waals surface area contributed by atoms with Crippen molar-refractivity contribution in [3.63, 3.8) is 0 Å². The first-order chi connectivity index (χ1) is 11.0. The second-order valence-electron chi connectivity index (χ2n) is 5.27. The first kappa shape index (κ1) is 16.0. The van der Waals surface area contributed by atoms with Crippen molar-refractivity contribution in [2.24, 2.45) is 0 Å². The Bertz CT molecular complexity index is 736. The maximum Gasteiger partial charge on any atom is 0.262 e. The molecule has 7 heteroatoms. The molecule has 3 rings (SSSR count). The lowest BCUT2D eigenvalue weighted by Crippen LogP contribution is -2.30. The lowest BCUT2D eigenvalue weighted by Gasteiger charge is -2.26. The summed E-state index contributed by atoms with van der Waals surface area (Å²) in [5, 5.41) is 10.6. The number of amides is 1.